The molecule has 0 spiro atoms. The Hall–Kier alpha value is -0.520. The summed E-state index contributed by atoms with van der Waals surface area (Å²) in [7, 11) is 1.97. The first-order valence-corrected chi connectivity index (χ1v) is 6.69. The lowest BCUT2D eigenvalue weighted by atomic mass is 9.97. The zero-order valence-corrected chi connectivity index (χ0v) is 12.7. The molecule has 2 heterocycles. The van der Waals surface area contributed by atoms with Gasteiger partial charge in [0.25, 0.3) is 5.91 Å². The molecular weight excluding hydrogens is 320 g/mol. The summed E-state index contributed by atoms with van der Waals surface area (Å²) in [6, 6.07) is 3.47. The van der Waals surface area contributed by atoms with Crippen molar-refractivity contribution in [2.24, 2.45) is 5.92 Å². The second-order valence-corrected chi connectivity index (χ2v) is 5.18. The molecule has 18 heavy (non-hydrogen) atoms. The molecule has 4 nitrogen and oxygen atoms in total. The second kappa shape index (κ2) is 7.16. The van der Waals surface area contributed by atoms with E-state index >= 15 is 0 Å². The van der Waals surface area contributed by atoms with E-state index in [0.717, 1.165) is 32.5 Å². The number of piperidine rings is 1. The van der Waals surface area contributed by atoms with Crippen molar-refractivity contribution in [3.63, 3.8) is 0 Å². The SMILES string of the molecule is CNCC1CCN(C(=O)c2ccc(Br)o2)CC1.Cl. The Morgan fingerprint density at radius 2 is 2.17 bits per heavy atom. The normalized spacial score (nSPS) is 16.4. The van der Waals surface area contributed by atoms with Gasteiger partial charge in [-0.15, -0.1) is 12.4 Å². The van der Waals surface area contributed by atoms with Crippen LogP contribution in [0.4, 0.5) is 0 Å². The maximum Gasteiger partial charge on any atom is 0.289 e. The highest BCUT2D eigenvalue weighted by Crippen LogP contribution is 2.20. The molecule has 1 aromatic heterocycles. The summed E-state index contributed by atoms with van der Waals surface area (Å²) in [5.41, 5.74) is 0. The fourth-order valence-electron chi connectivity index (χ4n) is 2.21. The molecule has 1 aliphatic rings. The highest BCUT2D eigenvalue weighted by Gasteiger charge is 2.24. The van der Waals surface area contributed by atoms with Crippen molar-refractivity contribution < 1.29 is 9.21 Å². The largest absolute Gasteiger partial charge is 0.444 e. The van der Waals surface area contributed by atoms with Crippen LogP contribution in [0, 0.1) is 5.92 Å². The number of hydrogen-bond donors (Lipinski definition) is 1. The summed E-state index contributed by atoms with van der Waals surface area (Å²) in [6.07, 6.45) is 2.13. The second-order valence-electron chi connectivity index (χ2n) is 4.40. The minimum absolute atomic E-state index is 0. The number of rotatable bonds is 3. The number of hydrogen-bond acceptors (Lipinski definition) is 3. The van der Waals surface area contributed by atoms with Gasteiger partial charge in [0.05, 0.1) is 0 Å². The van der Waals surface area contributed by atoms with E-state index in [4.69, 9.17) is 4.42 Å². The lowest BCUT2D eigenvalue weighted by molar-refractivity contribution is 0.0657. The van der Waals surface area contributed by atoms with Gasteiger partial charge in [-0.1, -0.05) is 0 Å². The highest BCUT2D eigenvalue weighted by atomic mass is 79.9. The molecule has 0 radical (unpaired) electrons. The summed E-state index contributed by atoms with van der Waals surface area (Å²) in [6.45, 7) is 2.68. The Labute approximate surface area is 122 Å². The van der Waals surface area contributed by atoms with Crippen LogP contribution in [-0.4, -0.2) is 37.5 Å². The third-order valence-electron chi connectivity index (χ3n) is 3.18. The van der Waals surface area contributed by atoms with Gasteiger partial charge >= 0.3 is 0 Å². The number of likely N-dealkylation sites (tertiary alicyclic amines) is 1. The monoisotopic (exact) mass is 336 g/mol. The van der Waals surface area contributed by atoms with Crippen LogP contribution in [0.1, 0.15) is 23.4 Å². The third-order valence-corrected chi connectivity index (χ3v) is 3.60. The summed E-state index contributed by atoms with van der Waals surface area (Å²) >= 11 is 3.21. The number of furan rings is 1. The Bertz CT molecular complexity index is 389. The van der Waals surface area contributed by atoms with Crippen LogP contribution in [0.5, 0.6) is 0 Å². The first-order valence-electron chi connectivity index (χ1n) is 5.90. The quantitative estimate of drug-likeness (QED) is 0.922. The Morgan fingerprint density at radius 1 is 1.50 bits per heavy atom. The predicted molar refractivity (Wildman–Crippen MR) is 76.2 cm³/mol. The Balaban J connectivity index is 0.00000162. The zero-order valence-electron chi connectivity index (χ0n) is 10.3. The van der Waals surface area contributed by atoms with Crippen molar-refractivity contribution in [1.29, 1.82) is 0 Å². The van der Waals surface area contributed by atoms with E-state index in [9.17, 15) is 4.79 Å². The third kappa shape index (κ3) is 3.73. The van der Waals surface area contributed by atoms with Crippen molar-refractivity contribution in [2.75, 3.05) is 26.7 Å². The standard InChI is InChI=1S/C12H17BrN2O2.ClH/c1-14-8-9-4-6-15(7-5-9)12(16)10-2-3-11(13)17-10;/h2-3,9,14H,4-8H2,1H3;1H. The van der Waals surface area contributed by atoms with Crippen molar-refractivity contribution in [3.8, 4) is 0 Å². The Kier molecular flexibility index (Phi) is 6.18. The van der Waals surface area contributed by atoms with E-state index in [-0.39, 0.29) is 18.3 Å². The van der Waals surface area contributed by atoms with Crippen LogP contribution in [-0.2, 0) is 0 Å². The van der Waals surface area contributed by atoms with Crippen LogP contribution in [0.15, 0.2) is 21.2 Å². The molecule has 1 amide bonds. The molecule has 0 bridgehead atoms. The molecular formula is C12H18BrClN2O2. The van der Waals surface area contributed by atoms with E-state index in [2.05, 4.69) is 21.2 Å². The van der Waals surface area contributed by atoms with Crippen LogP contribution in [0.25, 0.3) is 0 Å². The zero-order chi connectivity index (χ0) is 12.3. The van der Waals surface area contributed by atoms with Gasteiger partial charge in [-0.05, 0) is 60.4 Å². The molecule has 2 rings (SSSR count). The van der Waals surface area contributed by atoms with E-state index in [1.807, 2.05) is 11.9 Å². The molecule has 0 saturated carbocycles. The van der Waals surface area contributed by atoms with Gasteiger partial charge < -0.3 is 14.6 Å². The van der Waals surface area contributed by atoms with Gasteiger partial charge in [-0.25, -0.2) is 0 Å². The first-order chi connectivity index (χ1) is 8.20. The van der Waals surface area contributed by atoms with E-state index in [1.54, 1.807) is 12.1 Å². The summed E-state index contributed by atoms with van der Waals surface area (Å²) < 4.78 is 5.89. The summed E-state index contributed by atoms with van der Waals surface area (Å²) in [5.74, 6) is 1.11. The predicted octanol–water partition coefficient (Wildman–Crippen LogP) is 2.54. The lowest BCUT2D eigenvalue weighted by Gasteiger charge is -2.31. The number of carbonyl (C=O) groups excluding carboxylic acids is 1. The van der Waals surface area contributed by atoms with Crippen LogP contribution < -0.4 is 5.32 Å². The molecule has 1 fully saturated rings. The fraction of sp³-hybridized carbons (Fsp3) is 0.583. The van der Waals surface area contributed by atoms with Gasteiger partial charge in [-0.2, -0.15) is 0 Å². The number of nitrogens with one attached hydrogen (secondary N) is 1. The molecule has 6 heteroatoms. The van der Waals surface area contributed by atoms with Gasteiger partial charge in [0.15, 0.2) is 10.4 Å². The highest BCUT2D eigenvalue weighted by molar-refractivity contribution is 9.10. The Morgan fingerprint density at radius 3 is 2.67 bits per heavy atom. The molecule has 0 atom stereocenters. The van der Waals surface area contributed by atoms with Gasteiger partial charge in [0.2, 0.25) is 0 Å². The van der Waals surface area contributed by atoms with Crippen LogP contribution in [0.3, 0.4) is 0 Å². The van der Waals surface area contributed by atoms with Gasteiger partial charge in [0, 0.05) is 13.1 Å². The van der Waals surface area contributed by atoms with Crippen molar-refractivity contribution in [3.05, 3.63) is 22.6 Å². The molecule has 1 aromatic rings. The number of amides is 1. The first kappa shape index (κ1) is 15.5. The molecule has 1 aliphatic heterocycles. The minimum atomic E-state index is -0.00129. The van der Waals surface area contributed by atoms with Crippen molar-refractivity contribution in [2.45, 2.75) is 12.8 Å². The summed E-state index contributed by atoms with van der Waals surface area (Å²) in [5, 5.41) is 3.19. The van der Waals surface area contributed by atoms with Crippen LogP contribution >= 0.6 is 28.3 Å². The van der Waals surface area contributed by atoms with Gasteiger partial charge in [0.1, 0.15) is 0 Å². The van der Waals surface area contributed by atoms with E-state index < -0.39 is 0 Å². The number of carbonyl (C=O) groups is 1. The van der Waals surface area contributed by atoms with E-state index in [1.165, 1.54) is 0 Å². The lowest BCUT2D eigenvalue weighted by Crippen LogP contribution is -2.40. The molecule has 1 N–H and O–H groups in total. The maximum atomic E-state index is 12.1. The smallest absolute Gasteiger partial charge is 0.289 e. The maximum absolute atomic E-state index is 12.1. The van der Waals surface area contributed by atoms with Gasteiger partial charge in [-0.3, -0.25) is 4.79 Å². The molecule has 0 unspecified atom stereocenters. The average molecular weight is 338 g/mol. The molecule has 0 aromatic carbocycles. The fourth-order valence-corrected chi connectivity index (χ4v) is 2.52. The molecule has 1 saturated heterocycles. The van der Waals surface area contributed by atoms with E-state index in [0.29, 0.717) is 16.3 Å². The van der Waals surface area contributed by atoms with Crippen LogP contribution in [0.2, 0.25) is 0 Å². The summed E-state index contributed by atoms with van der Waals surface area (Å²) in [4.78, 5) is 13.9. The van der Waals surface area contributed by atoms with Crippen molar-refractivity contribution >= 4 is 34.2 Å². The molecule has 102 valence electrons. The number of halogens is 2. The molecule has 0 aliphatic carbocycles. The topological polar surface area (TPSA) is 45.5 Å². The van der Waals surface area contributed by atoms with Crippen molar-refractivity contribution in [1.82, 2.24) is 10.2 Å². The minimum Gasteiger partial charge on any atom is -0.444 e. The average Bonchev–Trinajstić information content (AvgIpc) is 2.76. The number of nitrogens with zero attached hydrogens (tertiary/aromatic N) is 1.